The highest BCUT2D eigenvalue weighted by Gasteiger charge is 2.26. The molecule has 1 amide bonds. The van der Waals surface area contributed by atoms with Gasteiger partial charge in [-0.3, -0.25) is 4.79 Å². The molecule has 1 unspecified atom stereocenters. The lowest BCUT2D eigenvalue weighted by Crippen LogP contribution is -2.40. The Morgan fingerprint density at radius 2 is 2.41 bits per heavy atom. The molecule has 3 rings (SSSR count). The first kappa shape index (κ1) is 14.8. The van der Waals surface area contributed by atoms with Gasteiger partial charge in [0.2, 0.25) is 5.88 Å². The molecule has 0 spiro atoms. The number of rotatable bonds is 5. The van der Waals surface area contributed by atoms with Crippen LogP contribution in [0.5, 0.6) is 5.88 Å². The third kappa shape index (κ3) is 3.19. The van der Waals surface area contributed by atoms with Crippen LogP contribution in [0.25, 0.3) is 0 Å². The van der Waals surface area contributed by atoms with E-state index >= 15 is 0 Å². The van der Waals surface area contributed by atoms with Crippen LogP contribution in [0.3, 0.4) is 0 Å². The van der Waals surface area contributed by atoms with Crippen molar-refractivity contribution < 1.29 is 9.53 Å². The molecule has 0 radical (unpaired) electrons. The monoisotopic (exact) mass is 318 g/mol. The number of hydrogen-bond acceptors (Lipinski definition) is 6. The number of amides is 1. The fourth-order valence-corrected chi connectivity index (χ4v) is 3.35. The Hall–Kier alpha value is -2.15. The summed E-state index contributed by atoms with van der Waals surface area (Å²) in [7, 11) is 1.55. The highest BCUT2D eigenvalue weighted by molar-refractivity contribution is 7.13. The normalized spacial score (nSPS) is 17.5. The zero-order chi connectivity index (χ0) is 15.4. The number of hydrogen-bond donors (Lipinski definition) is 1. The second-order valence-corrected chi connectivity index (χ2v) is 5.98. The summed E-state index contributed by atoms with van der Waals surface area (Å²) in [6.07, 6.45) is 5.54. The predicted octanol–water partition coefficient (Wildman–Crippen LogP) is 1.95. The zero-order valence-corrected chi connectivity index (χ0v) is 13.2. The maximum absolute atomic E-state index is 12.2. The van der Waals surface area contributed by atoms with Crippen molar-refractivity contribution in [1.29, 1.82) is 0 Å². The van der Waals surface area contributed by atoms with Gasteiger partial charge in [0, 0.05) is 43.0 Å². The number of nitrogens with one attached hydrogen (secondary N) is 1. The smallest absolute Gasteiger partial charge is 0.252 e. The van der Waals surface area contributed by atoms with Crippen molar-refractivity contribution in [2.45, 2.75) is 18.9 Å². The van der Waals surface area contributed by atoms with E-state index in [0.29, 0.717) is 24.0 Å². The van der Waals surface area contributed by atoms with Crippen LogP contribution >= 0.6 is 11.3 Å². The first-order valence-corrected chi connectivity index (χ1v) is 8.10. The summed E-state index contributed by atoms with van der Waals surface area (Å²) >= 11 is 1.64. The molecule has 22 heavy (non-hydrogen) atoms. The molecule has 116 valence electrons. The Balaban J connectivity index is 1.58. The second kappa shape index (κ2) is 6.74. The molecule has 1 aliphatic heterocycles. The molecule has 0 aliphatic carbocycles. The highest BCUT2D eigenvalue weighted by atomic mass is 32.1. The fraction of sp³-hybridized carbons (Fsp3) is 0.400. The van der Waals surface area contributed by atoms with Gasteiger partial charge in [-0.25, -0.2) is 9.97 Å². The summed E-state index contributed by atoms with van der Waals surface area (Å²) in [5, 5.41) is 5.99. The molecule has 2 aromatic heterocycles. The Morgan fingerprint density at radius 3 is 3.09 bits per heavy atom. The Kier molecular flexibility index (Phi) is 4.53. The molecule has 7 heteroatoms. The van der Waals surface area contributed by atoms with Crippen LogP contribution < -0.4 is 15.0 Å². The molecule has 1 N–H and O–H groups in total. The van der Waals surface area contributed by atoms with E-state index in [9.17, 15) is 4.79 Å². The molecule has 0 saturated carbocycles. The number of carbonyl (C=O) groups excluding carboxylic acids is 1. The van der Waals surface area contributed by atoms with Gasteiger partial charge in [-0.15, -0.1) is 11.3 Å². The summed E-state index contributed by atoms with van der Waals surface area (Å²) in [5.41, 5.74) is 0.541. The second-order valence-electron chi connectivity index (χ2n) is 5.10. The molecule has 1 aliphatic rings. The van der Waals surface area contributed by atoms with Crippen LogP contribution in [0.1, 0.15) is 23.2 Å². The molecular formula is C15H18N4O2S. The average molecular weight is 318 g/mol. The van der Waals surface area contributed by atoms with Crippen molar-refractivity contribution in [2.75, 3.05) is 25.1 Å². The standard InChI is InChI=1S/C15H18N4O2S/c1-21-13-5-4-11(9-17-13)14(20)18-10-12-3-2-7-19(12)15-16-6-8-22-15/h4-6,8-9,12H,2-3,7,10H2,1H3,(H,18,20). The number of nitrogens with zero attached hydrogens (tertiary/aromatic N) is 3. The summed E-state index contributed by atoms with van der Waals surface area (Å²) in [6.45, 7) is 1.61. The molecule has 3 heterocycles. The number of aromatic nitrogens is 2. The molecule has 0 aromatic carbocycles. The Morgan fingerprint density at radius 1 is 1.50 bits per heavy atom. The summed E-state index contributed by atoms with van der Waals surface area (Å²) in [4.78, 5) is 22.9. The number of carbonyl (C=O) groups is 1. The fourth-order valence-electron chi connectivity index (χ4n) is 2.61. The van der Waals surface area contributed by atoms with E-state index in [1.165, 1.54) is 6.20 Å². The summed E-state index contributed by atoms with van der Waals surface area (Å²) in [6, 6.07) is 3.71. The first-order chi connectivity index (χ1) is 10.8. The molecule has 1 atom stereocenters. The molecule has 6 nitrogen and oxygen atoms in total. The quantitative estimate of drug-likeness (QED) is 0.912. The zero-order valence-electron chi connectivity index (χ0n) is 12.4. The number of ether oxygens (including phenoxy) is 1. The van der Waals surface area contributed by atoms with E-state index in [1.807, 2.05) is 11.6 Å². The van der Waals surface area contributed by atoms with Crippen molar-refractivity contribution >= 4 is 22.4 Å². The Bertz CT molecular complexity index is 615. The summed E-state index contributed by atoms with van der Waals surface area (Å²) < 4.78 is 4.99. The van der Waals surface area contributed by atoms with E-state index in [4.69, 9.17) is 4.74 Å². The van der Waals surface area contributed by atoms with Gasteiger partial charge in [0.05, 0.1) is 12.7 Å². The highest BCUT2D eigenvalue weighted by Crippen LogP contribution is 2.26. The van der Waals surface area contributed by atoms with Gasteiger partial charge in [-0.05, 0) is 18.9 Å². The van der Waals surface area contributed by atoms with Crippen molar-refractivity contribution in [2.24, 2.45) is 0 Å². The lowest BCUT2D eigenvalue weighted by molar-refractivity contribution is 0.0951. The molecule has 1 fully saturated rings. The minimum absolute atomic E-state index is 0.110. The van der Waals surface area contributed by atoms with Gasteiger partial charge in [-0.1, -0.05) is 0 Å². The van der Waals surface area contributed by atoms with E-state index in [1.54, 1.807) is 30.6 Å². The van der Waals surface area contributed by atoms with Crippen molar-refractivity contribution in [3.8, 4) is 5.88 Å². The molecule has 1 saturated heterocycles. The minimum atomic E-state index is -0.110. The number of thiazole rings is 1. The maximum Gasteiger partial charge on any atom is 0.252 e. The van der Waals surface area contributed by atoms with Crippen LogP contribution in [-0.4, -0.2) is 42.1 Å². The lowest BCUT2D eigenvalue weighted by Gasteiger charge is -2.24. The molecule has 2 aromatic rings. The number of pyridine rings is 1. The number of anilines is 1. The third-order valence-electron chi connectivity index (χ3n) is 3.75. The largest absolute Gasteiger partial charge is 0.481 e. The van der Waals surface area contributed by atoms with Crippen LogP contribution in [-0.2, 0) is 0 Å². The topological polar surface area (TPSA) is 67.3 Å². The SMILES string of the molecule is COc1ccc(C(=O)NCC2CCCN2c2nccs2)cn1. The van der Waals surface area contributed by atoms with Gasteiger partial charge in [-0.2, -0.15) is 0 Å². The van der Waals surface area contributed by atoms with E-state index in [2.05, 4.69) is 20.2 Å². The Labute approximate surface area is 133 Å². The van der Waals surface area contributed by atoms with Crippen molar-refractivity contribution in [3.63, 3.8) is 0 Å². The van der Waals surface area contributed by atoms with Gasteiger partial charge in [0.15, 0.2) is 5.13 Å². The minimum Gasteiger partial charge on any atom is -0.481 e. The first-order valence-electron chi connectivity index (χ1n) is 7.22. The maximum atomic E-state index is 12.2. The van der Waals surface area contributed by atoms with Crippen LogP contribution in [0.2, 0.25) is 0 Å². The summed E-state index contributed by atoms with van der Waals surface area (Å²) in [5.74, 6) is 0.392. The van der Waals surface area contributed by atoms with E-state index in [-0.39, 0.29) is 5.91 Å². The van der Waals surface area contributed by atoms with E-state index < -0.39 is 0 Å². The number of methoxy groups -OCH3 is 1. The van der Waals surface area contributed by atoms with Crippen LogP contribution in [0.15, 0.2) is 29.9 Å². The predicted molar refractivity (Wildman–Crippen MR) is 85.6 cm³/mol. The third-order valence-corrected chi connectivity index (χ3v) is 4.56. The van der Waals surface area contributed by atoms with Gasteiger partial charge in [0.1, 0.15) is 0 Å². The molecule has 0 bridgehead atoms. The average Bonchev–Trinajstić information content (AvgIpc) is 3.23. The molecular weight excluding hydrogens is 300 g/mol. The van der Waals surface area contributed by atoms with Gasteiger partial charge >= 0.3 is 0 Å². The van der Waals surface area contributed by atoms with E-state index in [0.717, 1.165) is 24.5 Å². The van der Waals surface area contributed by atoms with Gasteiger partial charge < -0.3 is 15.0 Å². The van der Waals surface area contributed by atoms with Crippen molar-refractivity contribution in [3.05, 3.63) is 35.5 Å². The van der Waals surface area contributed by atoms with Gasteiger partial charge in [0.25, 0.3) is 5.91 Å². The van der Waals surface area contributed by atoms with Crippen LogP contribution in [0.4, 0.5) is 5.13 Å². The van der Waals surface area contributed by atoms with Crippen molar-refractivity contribution in [1.82, 2.24) is 15.3 Å². The van der Waals surface area contributed by atoms with Crippen LogP contribution in [0, 0.1) is 0 Å². The lowest BCUT2D eigenvalue weighted by atomic mass is 10.2.